The summed E-state index contributed by atoms with van der Waals surface area (Å²) in [6.07, 6.45) is 1.61. The summed E-state index contributed by atoms with van der Waals surface area (Å²) in [5.74, 6) is 0.347. The topological polar surface area (TPSA) is 74.8 Å². The molecule has 0 aliphatic carbocycles. The van der Waals surface area contributed by atoms with E-state index in [-0.39, 0.29) is 11.5 Å². The summed E-state index contributed by atoms with van der Waals surface area (Å²) in [5.41, 5.74) is 0.472. The Bertz CT molecular complexity index is 684. The monoisotopic (exact) mass is 263 g/mol. The molecule has 18 heavy (non-hydrogen) atoms. The fraction of sp³-hybridized carbons (Fsp3) is 0.250. The quantitative estimate of drug-likeness (QED) is 0.824. The highest BCUT2D eigenvalue weighted by Gasteiger charge is 2.18. The molecule has 0 aliphatic heterocycles. The lowest BCUT2D eigenvalue weighted by Gasteiger charge is -1.99. The molecule has 0 aliphatic rings. The van der Waals surface area contributed by atoms with Gasteiger partial charge in [0.15, 0.2) is 0 Å². The lowest BCUT2D eigenvalue weighted by molar-refractivity contribution is 0.0961. The minimum absolute atomic E-state index is 0.200. The van der Waals surface area contributed by atoms with Crippen molar-refractivity contribution in [3.05, 3.63) is 39.3 Å². The summed E-state index contributed by atoms with van der Waals surface area (Å²) in [4.78, 5) is 31.7. The summed E-state index contributed by atoms with van der Waals surface area (Å²) in [5, 5.41) is 3.19. The van der Waals surface area contributed by atoms with Gasteiger partial charge in [0, 0.05) is 6.54 Å². The molecule has 2 aromatic heterocycles. The van der Waals surface area contributed by atoms with E-state index >= 15 is 0 Å². The van der Waals surface area contributed by atoms with Crippen LogP contribution in [-0.2, 0) is 0 Å². The fourth-order valence-corrected chi connectivity index (χ4v) is 2.86. The van der Waals surface area contributed by atoms with E-state index in [1.54, 1.807) is 19.9 Å². The van der Waals surface area contributed by atoms with Crippen LogP contribution < -0.4 is 10.9 Å². The Labute approximate surface area is 108 Å². The van der Waals surface area contributed by atoms with Gasteiger partial charge in [-0.2, -0.15) is 0 Å². The molecule has 0 spiro atoms. The van der Waals surface area contributed by atoms with Gasteiger partial charge in [0.25, 0.3) is 11.5 Å². The second kappa shape index (κ2) is 4.73. The van der Waals surface area contributed by atoms with Crippen LogP contribution in [0.3, 0.4) is 0 Å². The van der Waals surface area contributed by atoms with Crippen LogP contribution in [0.25, 0.3) is 10.2 Å². The number of hydrogen-bond acceptors (Lipinski definition) is 4. The number of carbonyl (C=O) groups is 1. The Balaban J connectivity index is 2.57. The number of rotatable bonds is 3. The zero-order valence-electron chi connectivity index (χ0n) is 10.2. The average molecular weight is 263 g/mol. The van der Waals surface area contributed by atoms with Gasteiger partial charge in [-0.15, -0.1) is 17.9 Å². The van der Waals surface area contributed by atoms with Gasteiger partial charge >= 0.3 is 0 Å². The minimum Gasteiger partial charge on any atom is -0.348 e. The van der Waals surface area contributed by atoms with Gasteiger partial charge in [0.2, 0.25) is 0 Å². The highest BCUT2D eigenvalue weighted by atomic mass is 32.1. The van der Waals surface area contributed by atoms with Crippen LogP contribution in [-0.4, -0.2) is 22.4 Å². The van der Waals surface area contributed by atoms with Crippen LogP contribution in [0.5, 0.6) is 0 Å². The summed E-state index contributed by atoms with van der Waals surface area (Å²) in [6.45, 7) is 7.41. The first-order chi connectivity index (χ1) is 8.54. The Hall–Kier alpha value is -1.95. The van der Waals surface area contributed by atoms with Gasteiger partial charge in [-0.25, -0.2) is 4.98 Å². The molecule has 0 fully saturated rings. The summed E-state index contributed by atoms with van der Waals surface area (Å²) in [7, 11) is 0. The normalized spacial score (nSPS) is 10.6. The van der Waals surface area contributed by atoms with Crippen molar-refractivity contribution in [3.63, 3.8) is 0 Å². The molecule has 0 unspecified atom stereocenters. The lowest BCUT2D eigenvalue weighted by atomic mass is 10.2. The van der Waals surface area contributed by atoms with E-state index < -0.39 is 0 Å². The molecule has 0 atom stereocenters. The predicted molar refractivity (Wildman–Crippen MR) is 72.2 cm³/mol. The third-order valence-electron chi connectivity index (χ3n) is 2.53. The van der Waals surface area contributed by atoms with Crippen LogP contribution in [0.1, 0.15) is 21.1 Å². The van der Waals surface area contributed by atoms with Gasteiger partial charge in [-0.1, -0.05) is 6.08 Å². The van der Waals surface area contributed by atoms with Crippen molar-refractivity contribution in [1.82, 2.24) is 15.3 Å². The van der Waals surface area contributed by atoms with E-state index in [4.69, 9.17) is 0 Å². The molecule has 2 aromatic rings. The number of amides is 1. The van der Waals surface area contributed by atoms with Crippen molar-refractivity contribution in [2.24, 2.45) is 0 Å². The molecule has 2 rings (SSSR count). The minimum atomic E-state index is -0.201. The Morgan fingerprint density at radius 3 is 2.94 bits per heavy atom. The molecule has 0 bridgehead atoms. The molecule has 2 heterocycles. The summed E-state index contributed by atoms with van der Waals surface area (Å²) in [6, 6.07) is 0. The van der Waals surface area contributed by atoms with E-state index in [9.17, 15) is 9.59 Å². The van der Waals surface area contributed by atoms with E-state index in [2.05, 4.69) is 21.9 Å². The Kier molecular flexibility index (Phi) is 3.29. The highest BCUT2D eigenvalue weighted by Crippen LogP contribution is 2.26. The Morgan fingerprint density at radius 1 is 1.56 bits per heavy atom. The summed E-state index contributed by atoms with van der Waals surface area (Å²) >= 11 is 1.23. The van der Waals surface area contributed by atoms with Crippen molar-refractivity contribution < 1.29 is 4.79 Å². The van der Waals surface area contributed by atoms with Crippen molar-refractivity contribution >= 4 is 27.5 Å². The summed E-state index contributed by atoms with van der Waals surface area (Å²) < 4.78 is 0. The molecular formula is C12H13N3O2S. The van der Waals surface area contributed by atoms with Crippen LogP contribution in [0, 0.1) is 13.8 Å². The van der Waals surface area contributed by atoms with Crippen LogP contribution in [0.15, 0.2) is 17.4 Å². The van der Waals surface area contributed by atoms with Crippen LogP contribution in [0.2, 0.25) is 0 Å². The standard InChI is InChI=1S/C12H13N3O2S/c1-4-5-13-11(17)9-6(2)8-10(16)14-7(3)15-12(8)18-9/h4H,1,5H2,2-3H3,(H,13,17)(H,14,15,16). The number of thiophene rings is 1. The maximum absolute atomic E-state index is 11.9. The van der Waals surface area contributed by atoms with Crippen LogP contribution >= 0.6 is 11.3 Å². The number of aromatic nitrogens is 2. The zero-order valence-corrected chi connectivity index (χ0v) is 11.0. The molecule has 6 heteroatoms. The third kappa shape index (κ3) is 2.06. The smallest absolute Gasteiger partial charge is 0.261 e. The van der Waals surface area contributed by atoms with Crippen molar-refractivity contribution in [1.29, 1.82) is 0 Å². The maximum Gasteiger partial charge on any atom is 0.261 e. The molecule has 2 N–H and O–H groups in total. The number of aryl methyl sites for hydroxylation is 2. The fourth-order valence-electron chi connectivity index (χ4n) is 1.71. The number of nitrogens with one attached hydrogen (secondary N) is 2. The molecule has 0 saturated carbocycles. The highest BCUT2D eigenvalue weighted by molar-refractivity contribution is 7.20. The molecule has 94 valence electrons. The third-order valence-corrected chi connectivity index (χ3v) is 3.72. The zero-order chi connectivity index (χ0) is 13.3. The maximum atomic E-state index is 11.9. The van der Waals surface area contributed by atoms with Crippen molar-refractivity contribution in [2.45, 2.75) is 13.8 Å². The number of H-pyrrole nitrogens is 1. The van der Waals surface area contributed by atoms with E-state index in [0.717, 1.165) is 0 Å². The average Bonchev–Trinajstić information content (AvgIpc) is 2.63. The lowest BCUT2D eigenvalue weighted by Crippen LogP contribution is -2.22. The van der Waals surface area contributed by atoms with Gasteiger partial charge in [-0.05, 0) is 19.4 Å². The number of carbonyl (C=O) groups excluding carboxylic acids is 1. The van der Waals surface area contributed by atoms with Gasteiger partial charge in [0.1, 0.15) is 10.7 Å². The largest absolute Gasteiger partial charge is 0.348 e. The number of nitrogens with zero attached hydrogens (tertiary/aromatic N) is 1. The first kappa shape index (κ1) is 12.5. The molecule has 1 amide bonds. The van der Waals surface area contributed by atoms with E-state index in [0.29, 0.717) is 33.0 Å². The predicted octanol–water partition coefficient (Wildman–Crippen LogP) is 1.52. The number of fused-ring (bicyclic) bond motifs is 1. The second-order valence-electron chi connectivity index (χ2n) is 3.89. The van der Waals surface area contributed by atoms with Crippen molar-refractivity contribution in [3.8, 4) is 0 Å². The number of aromatic amines is 1. The molecule has 0 saturated heterocycles. The molecule has 5 nitrogen and oxygen atoms in total. The first-order valence-corrected chi connectivity index (χ1v) is 6.25. The van der Waals surface area contributed by atoms with Crippen LogP contribution in [0.4, 0.5) is 0 Å². The van der Waals surface area contributed by atoms with E-state index in [1.807, 2.05) is 0 Å². The number of hydrogen-bond donors (Lipinski definition) is 2. The first-order valence-electron chi connectivity index (χ1n) is 5.43. The molecule has 0 radical (unpaired) electrons. The SMILES string of the molecule is C=CCNC(=O)c1sc2nc(C)[nH]c(=O)c2c1C. The Morgan fingerprint density at radius 2 is 2.28 bits per heavy atom. The van der Waals surface area contributed by atoms with E-state index in [1.165, 1.54) is 11.3 Å². The molecular weight excluding hydrogens is 250 g/mol. The van der Waals surface area contributed by atoms with Gasteiger partial charge < -0.3 is 10.3 Å². The molecule has 0 aromatic carbocycles. The van der Waals surface area contributed by atoms with Crippen molar-refractivity contribution in [2.75, 3.05) is 6.54 Å². The van der Waals surface area contributed by atoms with Gasteiger partial charge in [-0.3, -0.25) is 9.59 Å². The van der Waals surface area contributed by atoms with Gasteiger partial charge in [0.05, 0.1) is 10.3 Å². The second-order valence-corrected chi connectivity index (χ2v) is 4.89.